The van der Waals surface area contributed by atoms with E-state index in [1.807, 2.05) is 0 Å². The number of fused-ring (bicyclic) bond motifs is 2. The largest absolute Gasteiger partial charge is 0.483 e. The second-order valence-electron chi connectivity index (χ2n) is 11.6. The van der Waals surface area contributed by atoms with Crippen molar-refractivity contribution in [2.45, 2.75) is 104 Å². The topological polar surface area (TPSA) is 48.0 Å². The lowest BCUT2D eigenvalue weighted by atomic mass is 9.82. The molecule has 2 aliphatic heterocycles. The Hall–Kier alpha value is -1.56. The van der Waals surface area contributed by atoms with Crippen molar-refractivity contribution in [2.24, 2.45) is 5.92 Å². The number of morpholine rings is 1. The first-order chi connectivity index (χ1) is 17.3. The van der Waals surface area contributed by atoms with Crippen LogP contribution in [0.3, 0.4) is 0 Å². The molecule has 1 fully saturated rings. The molecule has 1 aliphatic carbocycles. The molecule has 0 saturated carbocycles. The number of unbranched alkanes of at least 4 members (excludes halogenated alkanes) is 2. The lowest BCUT2D eigenvalue weighted by molar-refractivity contribution is -0.134. The maximum atomic E-state index is 13.0. The molecular formula is C31H48ClNO4. The summed E-state index contributed by atoms with van der Waals surface area (Å²) in [6, 6.07) is 4.38. The Kier molecular flexibility index (Phi) is 10.9. The van der Waals surface area contributed by atoms with Crippen molar-refractivity contribution in [1.29, 1.82) is 0 Å². The van der Waals surface area contributed by atoms with E-state index in [2.05, 4.69) is 51.7 Å². The van der Waals surface area contributed by atoms with Gasteiger partial charge in [0.15, 0.2) is 0 Å². The van der Waals surface area contributed by atoms with E-state index in [4.69, 9.17) is 14.2 Å². The summed E-state index contributed by atoms with van der Waals surface area (Å²) < 4.78 is 18.2. The highest BCUT2D eigenvalue weighted by Gasteiger charge is 2.39. The van der Waals surface area contributed by atoms with Crippen LogP contribution in [0.4, 0.5) is 0 Å². The Bertz CT molecular complexity index is 951. The third kappa shape index (κ3) is 7.30. The van der Waals surface area contributed by atoms with E-state index in [0.29, 0.717) is 24.0 Å². The standard InChI is InChI=1S/C31H47NO4.ClH/c1-6-7-8-11-22(2)23(3)24-20-27(35-29(33)14-10-15-32-16-18-34-19-17-32)30-25-12-9-13-26(25)31(4,5)36-28(30)21-24;/h20-23H,6-19H2,1-5H3;1H. The smallest absolute Gasteiger partial charge is 0.311 e. The summed E-state index contributed by atoms with van der Waals surface area (Å²) in [4.78, 5) is 15.4. The van der Waals surface area contributed by atoms with Crippen LogP contribution in [0.25, 0.3) is 5.57 Å². The molecule has 2 atom stereocenters. The summed E-state index contributed by atoms with van der Waals surface area (Å²) in [5.41, 5.74) is 4.64. The van der Waals surface area contributed by atoms with Crippen LogP contribution in [0.1, 0.15) is 109 Å². The van der Waals surface area contributed by atoms with Gasteiger partial charge in [-0.25, -0.2) is 0 Å². The summed E-state index contributed by atoms with van der Waals surface area (Å²) in [7, 11) is 0. The van der Waals surface area contributed by atoms with Gasteiger partial charge in [-0.15, -0.1) is 12.4 Å². The first-order valence-corrected chi connectivity index (χ1v) is 14.4. The molecule has 0 aromatic heterocycles. The van der Waals surface area contributed by atoms with Gasteiger partial charge in [-0.1, -0.05) is 46.5 Å². The molecule has 4 rings (SSSR count). The van der Waals surface area contributed by atoms with Crippen molar-refractivity contribution in [3.05, 3.63) is 28.8 Å². The van der Waals surface area contributed by atoms with Crippen molar-refractivity contribution in [2.75, 3.05) is 32.8 Å². The van der Waals surface area contributed by atoms with Gasteiger partial charge in [-0.3, -0.25) is 9.69 Å². The van der Waals surface area contributed by atoms with Crippen molar-refractivity contribution < 1.29 is 19.0 Å². The number of rotatable bonds is 11. The number of benzene rings is 1. The first-order valence-electron chi connectivity index (χ1n) is 14.4. The van der Waals surface area contributed by atoms with Crippen LogP contribution in [0, 0.1) is 5.92 Å². The maximum Gasteiger partial charge on any atom is 0.311 e. The molecule has 2 heterocycles. The van der Waals surface area contributed by atoms with E-state index < -0.39 is 0 Å². The van der Waals surface area contributed by atoms with Crippen LogP contribution in [0.15, 0.2) is 17.7 Å². The SMILES string of the molecule is CCCCCC(C)C(C)c1cc(OC(=O)CCCN2CCOCC2)c2c(c1)OC(C)(C)C1=C2CCC1.Cl. The highest BCUT2D eigenvalue weighted by Crippen LogP contribution is 2.52. The van der Waals surface area contributed by atoms with Gasteiger partial charge in [0.1, 0.15) is 17.1 Å². The Labute approximate surface area is 230 Å². The monoisotopic (exact) mass is 533 g/mol. The number of carbonyl (C=O) groups is 1. The molecule has 2 unspecified atom stereocenters. The summed E-state index contributed by atoms with van der Waals surface area (Å²) in [6.07, 6.45) is 9.45. The fraction of sp³-hybridized carbons (Fsp3) is 0.710. The van der Waals surface area contributed by atoms with E-state index in [1.165, 1.54) is 42.4 Å². The minimum Gasteiger partial charge on any atom is -0.483 e. The van der Waals surface area contributed by atoms with E-state index in [-0.39, 0.29) is 24.0 Å². The molecular weight excluding hydrogens is 486 g/mol. The van der Waals surface area contributed by atoms with Crippen molar-refractivity contribution >= 4 is 23.9 Å². The van der Waals surface area contributed by atoms with Gasteiger partial charge in [-0.2, -0.15) is 0 Å². The normalized spacial score (nSPS) is 20.4. The molecule has 6 heteroatoms. The molecule has 1 aromatic rings. The predicted octanol–water partition coefficient (Wildman–Crippen LogP) is 7.55. The molecule has 1 aromatic carbocycles. The van der Waals surface area contributed by atoms with E-state index in [1.54, 1.807) is 0 Å². The third-order valence-electron chi connectivity index (χ3n) is 8.52. The van der Waals surface area contributed by atoms with E-state index in [0.717, 1.165) is 69.8 Å². The first kappa shape index (κ1) is 30.0. The van der Waals surface area contributed by atoms with Crippen LogP contribution in [0.5, 0.6) is 11.5 Å². The number of ether oxygens (including phenoxy) is 3. The molecule has 1 saturated heterocycles. The number of esters is 1. The van der Waals surface area contributed by atoms with Gasteiger partial charge < -0.3 is 14.2 Å². The fourth-order valence-corrected chi connectivity index (χ4v) is 6.09. The zero-order valence-corrected chi connectivity index (χ0v) is 24.5. The van der Waals surface area contributed by atoms with Crippen molar-refractivity contribution in [3.8, 4) is 11.5 Å². The van der Waals surface area contributed by atoms with Crippen LogP contribution in [0.2, 0.25) is 0 Å². The summed E-state index contributed by atoms with van der Waals surface area (Å²) in [5.74, 6) is 2.38. The Balaban J connectivity index is 0.00000380. The minimum atomic E-state index is -0.313. The molecule has 0 amide bonds. The Morgan fingerprint density at radius 1 is 1.11 bits per heavy atom. The van der Waals surface area contributed by atoms with Gasteiger partial charge >= 0.3 is 5.97 Å². The molecule has 0 spiro atoms. The molecule has 208 valence electrons. The molecule has 5 nitrogen and oxygen atoms in total. The lowest BCUT2D eigenvalue weighted by Crippen LogP contribution is -2.37. The number of carbonyl (C=O) groups excluding carboxylic acids is 1. The zero-order chi connectivity index (χ0) is 25.7. The highest BCUT2D eigenvalue weighted by molar-refractivity contribution is 5.85. The van der Waals surface area contributed by atoms with Gasteiger partial charge in [0.05, 0.1) is 18.8 Å². The molecule has 0 bridgehead atoms. The third-order valence-corrected chi connectivity index (χ3v) is 8.52. The number of hydrogen-bond acceptors (Lipinski definition) is 5. The predicted molar refractivity (Wildman–Crippen MR) is 153 cm³/mol. The summed E-state index contributed by atoms with van der Waals surface area (Å²) >= 11 is 0. The average Bonchev–Trinajstić information content (AvgIpc) is 3.35. The van der Waals surface area contributed by atoms with Crippen molar-refractivity contribution in [3.63, 3.8) is 0 Å². The van der Waals surface area contributed by atoms with Gasteiger partial charge in [-0.05, 0) is 86.8 Å². The summed E-state index contributed by atoms with van der Waals surface area (Å²) in [6.45, 7) is 15.6. The molecule has 0 radical (unpaired) electrons. The second kappa shape index (κ2) is 13.5. The van der Waals surface area contributed by atoms with Crippen LogP contribution in [-0.4, -0.2) is 49.3 Å². The van der Waals surface area contributed by atoms with Gasteiger partial charge in [0.2, 0.25) is 0 Å². The van der Waals surface area contributed by atoms with Crippen LogP contribution in [-0.2, 0) is 9.53 Å². The van der Waals surface area contributed by atoms with E-state index in [9.17, 15) is 4.79 Å². The maximum absolute atomic E-state index is 13.0. The van der Waals surface area contributed by atoms with Crippen LogP contribution >= 0.6 is 12.4 Å². The minimum absolute atomic E-state index is 0. The second-order valence-corrected chi connectivity index (χ2v) is 11.6. The number of halogens is 1. The molecule has 0 N–H and O–H groups in total. The molecule has 37 heavy (non-hydrogen) atoms. The van der Waals surface area contributed by atoms with Gasteiger partial charge in [0.25, 0.3) is 0 Å². The van der Waals surface area contributed by atoms with E-state index >= 15 is 0 Å². The number of hydrogen-bond donors (Lipinski definition) is 0. The highest BCUT2D eigenvalue weighted by atomic mass is 35.5. The quantitative estimate of drug-likeness (QED) is 0.167. The lowest BCUT2D eigenvalue weighted by Gasteiger charge is -2.36. The summed E-state index contributed by atoms with van der Waals surface area (Å²) in [5, 5.41) is 0. The van der Waals surface area contributed by atoms with Gasteiger partial charge in [0, 0.05) is 19.5 Å². The fourth-order valence-electron chi connectivity index (χ4n) is 6.09. The molecule has 3 aliphatic rings. The number of nitrogens with zero attached hydrogens (tertiary/aromatic N) is 1. The van der Waals surface area contributed by atoms with Crippen molar-refractivity contribution in [1.82, 2.24) is 4.90 Å². The zero-order valence-electron chi connectivity index (χ0n) is 23.7. The number of allylic oxidation sites excluding steroid dienone is 1. The average molecular weight is 534 g/mol. The van der Waals surface area contributed by atoms with Crippen LogP contribution < -0.4 is 9.47 Å². The Morgan fingerprint density at radius 2 is 1.86 bits per heavy atom. The Morgan fingerprint density at radius 3 is 2.59 bits per heavy atom.